The molecule has 3 heterocycles. The first-order chi connectivity index (χ1) is 16.0. The molecule has 8 nitrogen and oxygen atoms in total. The van der Waals surface area contributed by atoms with Crippen LogP contribution in [-0.4, -0.2) is 75.2 Å². The summed E-state index contributed by atoms with van der Waals surface area (Å²) in [7, 11) is 0. The first kappa shape index (κ1) is 25.1. The number of aliphatic hydroxyl groups excluding tert-OH is 1. The lowest BCUT2D eigenvalue weighted by molar-refractivity contribution is -0.155. The van der Waals surface area contributed by atoms with Gasteiger partial charge in [0.25, 0.3) is 0 Å². The number of rotatable bonds is 7. The molecule has 34 heavy (non-hydrogen) atoms. The number of nitrogens with one attached hydrogen (secondary N) is 1. The molecule has 3 aliphatic heterocycles. The maximum absolute atomic E-state index is 14.0. The summed E-state index contributed by atoms with van der Waals surface area (Å²) in [5.74, 6) is -2.83. The highest BCUT2D eigenvalue weighted by molar-refractivity contribution is 9.09. The van der Waals surface area contributed by atoms with Crippen molar-refractivity contribution >= 4 is 33.7 Å². The summed E-state index contributed by atoms with van der Waals surface area (Å²) in [6, 6.07) is 7.90. The molecule has 0 aromatic heterocycles. The van der Waals surface area contributed by atoms with Gasteiger partial charge in [0.15, 0.2) is 0 Å². The number of carbonyl (C=O) groups excluding carboxylic acids is 3. The second-order valence-electron chi connectivity index (χ2n) is 10.4. The standard InChI is InChI=1S/C25H33BrN2O6/c1-5-33-23(32)17-18-22(31)28(15(13-29)11-14-9-7-6-8-10-14)20(21(30)27-24(2,3)4)25(18)12-16(26)19(17)34-25/h6-10,15-20,29H,5,11-13H2,1-4H3,(H,27,30)/t15-,16?,17+,18-,19+,20+,25-/m1/s1. The number of esters is 1. The van der Waals surface area contributed by atoms with Gasteiger partial charge in [-0.15, -0.1) is 0 Å². The number of likely N-dealkylation sites (tertiary alicyclic amines) is 1. The number of carbonyl (C=O) groups is 3. The van der Waals surface area contributed by atoms with Crippen molar-refractivity contribution in [1.82, 2.24) is 10.2 Å². The number of fused-ring (bicyclic) bond motifs is 1. The van der Waals surface area contributed by atoms with E-state index in [1.807, 2.05) is 51.1 Å². The highest BCUT2D eigenvalue weighted by Gasteiger charge is 2.77. The Balaban J connectivity index is 1.78. The van der Waals surface area contributed by atoms with Gasteiger partial charge in [0.2, 0.25) is 11.8 Å². The van der Waals surface area contributed by atoms with Crippen molar-refractivity contribution in [1.29, 1.82) is 0 Å². The number of halogens is 1. The van der Waals surface area contributed by atoms with Crippen LogP contribution in [-0.2, 0) is 30.3 Å². The van der Waals surface area contributed by atoms with Gasteiger partial charge >= 0.3 is 5.97 Å². The Hall–Kier alpha value is -1.97. The number of hydrogen-bond acceptors (Lipinski definition) is 6. The van der Waals surface area contributed by atoms with E-state index in [9.17, 15) is 19.5 Å². The molecular formula is C25H33BrN2O6. The predicted molar refractivity (Wildman–Crippen MR) is 128 cm³/mol. The largest absolute Gasteiger partial charge is 0.466 e. The fourth-order valence-corrected chi connectivity index (χ4v) is 6.79. The fraction of sp³-hybridized carbons (Fsp3) is 0.640. The molecule has 1 spiro atoms. The number of ether oxygens (including phenoxy) is 2. The quantitative estimate of drug-likeness (QED) is 0.406. The molecule has 0 saturated carbocycles. The predicted octanol–water partition coefficient (Wildman–Crippen LogP) is 1.82. The van der Waals surface area contributed by atoms with Gasteiger partial charge in [-0.1, -0.05) is 46.3 Å². The SMILES string of the molecule is CCOC(=O)[C@@H]1[C@H]2O[C@@]3(CC2Br)[C@H](C(=O)NC(C)(C)C)N([C@@H](CO)Cc2ccccc2)C(=O)[C@@H]13. The summed E-state index contributed by atoms with van der Waals surface area (Å²) >= 11 is 3.63. The summed E-state index contributed by atoms with van der Waals surface area (Å²) in [4.78, 5) is 42.0. The van der Waals surface area contributed by atoms with E-state index in [1.165, 1.54) is 4.90 Å². The Morgan fingerprint density at radius 3 is 2.59 bits per heavy atom. The Morgan fingerprint density at radius 2 is 2.00 bits per heavy atom. The second-order valence-corrected chi connectivity index (χ2v) is 11.6. The van der Waals surface area contributed by atoms with Crippen molar-refractivity contribution < 1.29 is 29.0 Å². The van der Waals surface area contributed by atoms with Crippen LogP contribution in [0.15, 0.2) is 30.3 Å². The van der Waals surface area contributed by atoms with Crippen LogP contribution in [0.2, 0.25) is 0 Å². The molecule has 3 aliphatic rings. The van der Waals surface area contributed by atoms with Crippen molar-refractivity contribution in [3.8, 4) is 0 Å². The van der Waals surface area contributed by atoms with Gasteiger partial charge in [-0.25, -0.2) is 0 Å². The van der Waals surface area contributed by atoms with E-state index in [-0.39, 0.29) is 29.9 Å². The molecule has 1 aromatic rings. The van der Waals surface area contributed by atoms with Crippen molar-refractivity contribution in [3.63, 3.8) is 0 Å². The van der Waals surface area contributed by atoms with Crippen molar-refractivity contribution in [2.45, 2.75) is 74.7 Å². The first-order valence-corrected chi connectivity index (χ1v) is 12.7. The Kier molecular flexibility index (Phi) is 6.83. The van der Waals surface area contributed by atoms with E-state index in [1.54, 1.807) is 6.92 Å². The van der Waals surface area contributed by atoms with Crippen LogP contribution in [0.25, 0.3) is 0 Å². The maximum atomic E-state index is 14.0. The van der Waals surface area contributed by atoms with Gasteiger partial charge in [-0.05, 0) is 46.1 Å². The maximum Gasteiger partial charge on any atom is 0.312 e. The second kappa shape index (κ2) is 9.24. The molecule has 3 fully saturated rings. The van der Waals surface area contributed by atoms with E-state index < -0.39 is 47.1 Å². The average Bonchev–Trinajstić information content (AvgIpc) is 3.35. The third kappa shape index (κ3) is 4.16. The van der Waals surface area contributed by atoms with Gasteiger partial charge < -0.3 is 24.8 Å². The lowest BCUT2D eigenvalue weighted by Crippen LogP contribution is -2.60. The Morgan fingerprint density at radius 1 is 1.32 bits per heavy atom. The Labute approximate surface area is 208 Å². The number of alkyl halides is 1. The van der Waals surface area contributed by atoms with Crippen LogP contribution in [0.3, 0.4) is 0 Å². The molecule has 0 aliphatic carbocycles. The van der Waals surface area contributed by atoms with Crippen LogP contribution >= 0.6 is 15.9 Å². The van der Waals surface area contributed by atoms with Gasteiger partial charge in [0, 0.05) is 10.4 Å². The lowest BCUT2D eigenvalue weighted by Gasteiger charge is -2.38. The molecule has 186 valence electrons. The zero-order valence-electron chi connectivity index (χ0n) is 20.0. The van der Waals surface area contributed by atoms with Crippen LogP contribution < -0.4 is 5.32 Å². The molecule has 1 aromatic carbocycles. The Bertz CT molecular complexity index is 950. The van der Waals surface area contributed by atoms with E-state index in [0.717, 1.165) is 5.56 Å². The third-order valence-electron chi connectivity index (χ3n) is 6.95. The number of amides is 2. The van der Waals surface area contributed by atoms with Gasteiger partial charge in [0.1, 0.15) is 11.6 Å². The number of aliphatic hydroxyl groups is 1. The van der Waals surface area contributed by atoms with Crippen molar-refractivity contribution in [2.24, 2.45) is 11.8 Å². The molecule has 3 saturated heterocycles. The van der Waals surface area contributed by atoms with Gasteiger partial charge in [-0.2, -0.15) is 0 Å². The molecule has 4 rings (SSSR count). The van der Waals surface area contributed by atoms with Gasteiger partial charge in [-0.3, -0.25) is 14.4 Å². The average molecular weight is 537 g/mol. The number of hydrogen-bond donors (Lipinski definition) is 2. The lowest BCUT2D eigenvalue weighted by atomic mass is 9.70. The van der Waals surface area contributed by atoms with Crippen molar-refractivity contribution in [3.05, 3.63) is 35.9 Å². The van der Waals surface area contributed by atoms with Crippen LogP contribution in [0.4, 0.5) is 0 Å². The molecular weight excluding hydrogens is 504 g/mol. The van der Waals surface area contributed by atoms with Crippen LogP contribution in [0, 0.1) is 11.8 Å². The molecule has 0 radical (unpaired) electrons. The van der Waals surface area contributed by atoms with Crippen LogP contribution in [0.5, 0.6) is 0 Å². The molecule has 2 bridgehead atoms. The van der Waals surface area contributed by atoms with E-state index >= 15 is 0 Å². The molecule has 9 heteroatoms. The smallest absolute Gasteiger partial charge is 0.312 e. The zero-order chi connectivity index (χ0) is 24.8. The van der Waals surface area contributed by atoms with E-state index in [2.05, 4.69) is 21.2 Å². The molecule has 7 atom stereocenters. The highest BCUT2D eigenvalue weighted by Crippen LogP contribution is 2.60. The van der Waals surface area contributed by atoms with Crippen LogP contribution in [0.1, 0.15) is 39.7 Å². The van der Waals surface area contributed by atoms with E-state index in [0.29, 0.717) is 12.8 Å². The highest BCUT2D eigenvalue weighted by atomic mass is 79.9. The summed E-state index contributed by atoms with van der Waals surface area (Å²) in [6.45, 7) is 7.20. The molecule has 1 unspecified atom stereocenters. The summed E-state index contributed by atoms with van der Waals surface area (Å²) in [5.41, 5.74) is -0.781. The minimum absolute atomic E-state index is 0.188. The fourth-order valence-electron chi connectivity index (χ4n) is 5.84. The number of nitrogens with zero attached hydrogens (tertiary/aromatic N) is 1. The van der Waals surface area contributed by atoms with Crippen molar-refractivity contribution in [2.75, 3.05) is 13.2 Å². The summed E-state index contributed by atoms with van der Waals surface area (Å²) in [6.07, 6.45) is 0.226. The van der Waals surface area contributed by atoms with Gasteiger partial charge in [0.05, 0.1) is 37.2 Å². The molecule has 2 amide bonds. The normalized spacial score (nSPS) is 33.1. The number of benzene rings is 1. The molecule has 2 N–H and O–H groups in total. The minimum atomic E-state index is -1.17. The first-order valence-electron chi connectivity index (χ1n) is 11.8. The minimum Gasteiger partial charge on any atom is -0.466 e. The summed E-state index contributed by atoms with van der Waals surface area (Å²) < 4.78 is 11.7. The summed E-state index contributed by atoms with van der Waals surface area (Å²) in [5, 5.41) is 13.4. The van der Waals surface area contributed by atoms with E-state index in [4.69, 9.17) is 9.47 Å². The monoisotopic (exact) mass is 536 g/mol. The third-order valence-corrected chi connectivity index (χ3v) is 7.80. The zero-order valence-corrected chi connectivity index (χ0v) is 21.6. The topological polar surface area (TPSA) is 105 Å².